The van der Waals surface area contributed by atoms with Gasteiger partial charge in [0.1, 0.15) is 6.04 Å². The molecule has 2 aliphatic rings. The van der Waals surface area contributed by atoms with E-state index in [2.05, 4.69) is 17.5 Å². The van der Waals surface area contributed by atoms with Crippen molar-refractivity contribution < 1.29 is 9.53 Å². The first-order valence-corrected chi connectivity index (χ1v) is 4.42. The lowest BCUT2D eigenvalue weighted by atomic mass is 10.0. The Bertz CT molecular complexity index is 225. The number of hydrogen-bond donors (Lipinski definition) is 1. The maximum Gasteiger partial charge on any atom is 0.323 e. The molecule has 0 radical (unpaired) electrons. The molecular formula is C9H13NO2. The Labute approximate surface area is 71.8 Å². The van der Waals surface area contributed by atoms with Gasteiger partial charge in [-0.3, -0.25) is 10.1 Å². The summed E-state index contributed by atoms with van der Waals surface area (Å²) < 4.78 is 4.94. The molecule has 1 aliphatic carbocycles. The number of hydrogen-bond acceptors (Lipinski definition) is 3. The zero-order chi connectivity index (χ0) is 8.55. The number of carbonyl (C=O) groups excluding carboxylic acids is 1. The van der Waals surface area contributed by atoms with Gasteiger partial charge in [-0.05, 0) is 13.3 Å². The van der Waals surface area contributed by atoms with E-state index in [1.165, 1.54) is 0 Å². The van der Waals surface area contributed by atoms with Gasteiger partial charge in [0, 0.05) is 12.0 Å². The monoisotopic (exact) mass is 167 g/mol. The molecule has 1 saturated heterocycles. The smallest absolute Gasteiger partial charge is 0.323 e. The highest BCUT2D eigenvalue weighted by Crippen LogP contribution is 2.29. The Morgan fingerprint density at radius 2 is 2.50 bits per heavy atom. The first kappa shape index (κ1) is 7.80. The average molecular weight is 167 g/mol. The van der Waals surface area contributed by atoms with Gasteiger partial charge < -0.3 is 4.74 Å². The van der Waals surface area contributed by atoms with Gasteiger partial charge in [0.2, 0.25) is 0 Å². The minimum absolute atomic E-state index is 0.0834. The summed E-state index contributed by atoms with van der Waals surface area (Å²) in [7, 11) is 0. The molecule has 0 spiro atoms. The third-order valence-electron chi connectivity index (χ3n) is 2.48. The first-order chi connectivity index (χ1) is 5.81. The third-order valence-corrected chi connectivity index (χ3v) is 2.48. The number of fused-ring (bicyclic) bond motifs is 2. The van der Waals surface area contributed by atoms with Crippen LogP contribution in [0.1, 0.15) is 13.3 Å². The quantitative estimate of drug-likeness (QED) is 0.480. The zero-order valence-corrected chi connectivity index (χ0v) is 7.12. The lowest BCUT2D eigenvalue weighted by Gasteiger charge is -2.17. The highest BCUT2D eigenvalue weighted by atomic mass is 16.5. The molecule has 0 aromatic heterocycles. The number of esters is 1. The maximum atomic E-state index is 11.3. The van der Waals surface area contributed by atoms with Crippen LogP contribution in [-0.4, -0.2) is 24.7 Å². The van der Waals surface area contributed by atoms with Gasteiger partial charge in [0.15, 0.2) is 0 Å². The summed E-state index contributed by atoms with van der Waals surface area (Å²) in [5.41, 5.74) is 0. The number of nitrogens with one attached hydrogen (secondary N) is 1. The first-order valence-electron chi connectivity index (χ1n) is 4.42. The lowest BCUT2D eigenvalue weighted by Crippen LogP contribution is -2.40. The average Bonchev–Trinajstić information content (AvgIpc) is 2.64. The molecule has 2 bridgehead atoms. The summed E-state index contributed by atoms with van der Waals surface area (Å²) in [4.78, 5) is 11.3. The molecule has 0 amide bonds. The highest BCUT2D eigenvalue weighted by molar-refractivity contribution is 5.77. The van der Waals surface area contributed by atoms with Crippen LogP contribution in [0.3, 0.4) is 0 Å². The summed E-state index contributed by atoms with van der Waals surface area (Å²) in [5.74, 6) is 0.267. The largest absolute Gasteiger partial charge is 0.465 e. The zero-order valence-electron chi connectivity index (χ0n) is 7.12. The van der Waals surface area contributed by atoms with Gasteiger partial charge in [-0.1, -0.05) is 12.2 Å². The van der Waals surface area contributed by atoms with Gasteiger partial charge in [0.25, 0.3) is 0 Å². The van der Waals surface area contributed by atoms with Crippen molar-refractivity contribution in [3.8, 4) is 0 Å². The van der Waals surface area contributed by atoms with Crippen LogP contribution in [0.15, 0.2) is 12.2 Å². The molecule has 3 nitrogen and oxygen atoms in total. The van der Waals surface area contributed by atoms with E-state index in [0.29, 0.717) is 18.6 Å². The van der Waals surface area contributed by atoms with Crippen molar-refractivity contribution >= 4 is 5.97 Å². The molecule has 0 unspecified atom stereocenters. The van der Waals surface area contributed by atoms with Crippen LogP contribution in [-0.2, 0) is 9.53 Å². The van der Waals surface area contributed by atoms with Crippen molar-refractivity contribution in [2.45, 2.75) is 25.4 Å². The van der Waals surface area contributed by atoms with Crippen molar-refractivity contribution in [2.75, 3.05) is 6.61 Å². The number of carbonyl (C=O) groups is 1. The predicted molar refractivity (Wildman–Crippen MR) is 44.6 cm³/mol. The predicted octanol–water partition coefficient (Wildman–Crippen LogP) is 0.466. The minimum atomic E-state index is -0.102. The van der Waals surface area contributed by atoms with Gasteiger partial charge in [0.05, 0.1) is 6.61 Å². The second-order valence-electron chi connectivity index (χ2n) is 3.29. The second-order valence-corrected chi connectivity index (χ2v) is 3.29. The Morgan fingerprint density at radius 1 is 1.67 bits per heavy atom. The van der Waals surface area contributed by atoms with E-state index in [1.54, 1.807) is 0 Å². The minimum Gasteiger partial charge on any atom is -0.465 e. The summed E-state index contributed by atoms with van der Waals surface area (Å²) in [6.45, 7) is 2.30. The van der Waals surface area contributed by atoms with Gasteiger partial charge in [-0.2, -0.15) is 0 Å². The van der Waals surface area contributed by atoms with Crippen molar-refractivity contribution in [2.24, 2.45) is 5.92 Å². The molecule has 3 atom stereocenters. The van der Waals surface area contributed by atoms with Crippen LogP contribution in [0.2, 0.25) is 0 Å². The fraction of sp³-hybridized carbons (Fsp3) is 0.667. The Kier molecular flexibility index (Phi) is 1.89. The van der Waals surface area contributed by atoms with Gasteiger partial charge >= 0.3 is 5.97 Å². The van der Waals surface area contributed by atoms with Crippen molar-refractivity contribution in [3.63, 3.8) is 0 Å². The normalized spacial score (nSPS) is 37.2. The molecule has 1 fully saturated rings. The number of rotatable bonds is 2. The summed E-state index contributed by atoms with van der Waals surface area (Å²) in [6, 6.07) is 0.323. The van der Waals surface area contributed by atoms with Crippen LogP contribution < -0.4 is 5.32 Å². The summed E-state index contributed by atoms with van der Waals surface area (Å²) >= 11 is 0. The van der Waals surface area contributed by atoms with Crippen molar-refractivity contribution in [3.05, 3.63) is 12.2 Å². The molecule has 0 aromatic rings. The van der Waals surface area contributed by atoms with Crippen molar-refractivity contribution in [1.82, 2.24) is 5.32 Å². The Hall–Kier alpha value is -0.830. The van der Waals surface area contributed by atoms with Crippen LogP contribution >= 0.6 is 0 Å². The van der Waals surface area contributed by atoms with Crippen LogP contribution in [0.4, 0.5) is 0 Å². The molecule has 0 saturated carbocycles. The van der Waals surface area contributed by atoms with Gasteiger partial charge in [-0.15, -0.1) is 0 Å². The highest BCUT2D eigenvalue weighted by Gasteiger charge is 2.39. The SMILES string of the molecule is CCOC(=O)[C@H]1N[C@H]2C=C[C@H]1C2. The van der Waals surface area contributed by atoms with E-state index >= 15 is 0 Å². The fourth-order valence-corrected chi connectivity index (χ4v) is 1.93. The van der Waals surface area contributed by atoms with Gasteiger partial charge in [-0.25, -0.2) is 0 Å². The fourth-order valence-electron chi connectivity index (χ4n) is 1.93. The molecule has 1 N–H and O–H groups in total. The molecule has 3 heteroatoms. The molecule has 1 heterocycles. The topological polar surface area (TPSA) is 38.3 Å². The van der Waals surface area contributed by atoms with Crippen LogP contribution in [0.5, 0.6) is 0 Å². The molecule has 66 valence electrons. The van der Waals surface area contributed by atoms with Crippen molar-refractivity contribution in [1.29, 1.82) is 0 Å². The molecule has 2 rings (SSSR count). The Balaban J connectivity index is 1.98. The Morgan fingerprint density at radius 3 is 3.00 bits per heavy atom. The standard InChI is InChI=1S/C9H13NO2/c1-2-12-9(11)8-6-3-4-7(5-6)10-8/h3-4,6-8,10H,2,5H2,1H3/t6-,7-,8-/m0/s1. The van der Waals surface area contributed by atoms with E-state index < -0.39 is 0 Å². The lowest BCUT2D eigenvalue weighted by molar-refractivity contribution is -0.146. The van der Waals surface area contributed by atoms with E-state index in [0.717, 1.165) is 6.42 Å². The van der Waals surface area contributed by atoms with E-state index in [1.807, 2.05) is 6.92 Å². The summed E-state index contributed by atoms with van der Waals surface area (Å²) in [5, 5.41) is 3.21. The molecule has 1 aliphatic heterocycles. The third kappa shape index (κ3) is 1.14. The van der Waals surface area contributed by atoms with Crippen LogP contribution in [0.25, 0.3) is 0 Å². The van der Waals surface area contributed by atoms with Crippen LogP contribution in [0, 0.1) is 5.92 Å². The van der Waals surface area contributed by atoms with E-state index in [9.17, 15) is 4.79 Å². The van der Waals surface area contributed by atoms with E-state index in [4.69, 9.17) is 4.74 Å². The molecule has 0 aromatic carbocycles. The molecule has 12 heavy (non-hydrogen) atoms. The summed E-state index contributed by atoms with van der Waals surface area (Å²) in [6.07, 6.45) is 5.30. The van der Waals surface area contributed by atoms with E-state index in [-0.39, 0.29) is 12.0 Å². The molecular weight excluding hydrogens is 154 g/mol. The number of ether oxygens (including phenoxy) is 1. The second kappa shape index (κ2) is 2.90. The maximum absolute atomic E-state index is 11.3.